The minimum atomic E-state index is -4.63. The van der Waals surface area contributed by atoms with Gasteiger partial charge in [-0.3, -0.25) is 4.79 Å². The number of para-hydroxylation sites is 1. The third-order valence-electron chi connectivity index (χ3n) is 5.25. The topological polar surface area (TPSA) is 69.7 Å². The summed E-state index contributed by atoms with van der Waals surface area (Å²) in [5.41, 5.74) is 2.55. The minimum absolute atomic E-state index is 0.0840. The number of benzene rings is 2. The molecule has 3 rings (SSSR count). The van der Waals surface area contributed by atoms with Gasteiger partial charge in [-0.05, 0) is 49.6 Å². The highest BCUT2D eigenvalue weighted by molar-refractivity contribution is 7.87. The second-order valence-electron chi connectivity index (χ2n) is 7.64. The summed E-state index contributed by atoms with van der Waals surface area (Å²) in [5, 5.41) is 2.19. The highest BCUT2D eigenvalue weighted by Crippen LogP contribution is 2.34. The Bertz CT molecular complexity index is 1080. The van der Waals surface area contributed by atoms with Crippen LogP contribution in [-0.2, 0) is 27.7 Å². The zero-order chi connectivity index (χ0) is 23.0. The Labute approximate surface area is 179 Å². The van der Waals surface area contributed by atoms with E-state index in [9.17, 15) is 26.4 Å². The van der Waals surface area contributed by atoms with E-state index in [1.54, 1.807) is 0 Å². The first-order chi connectivity index (χ1) is 14.4. The molecule has 1 aliphatic rings. The van der Waals surface area contributed by atoms with Crippen molar-refractivity contribution in [3.05, 3.63) is 64.2 Å². The molecule has 1 amide bonds. The molecular weight excluding hydrogens is 431 g/mol. The first kappa shape index (κ1) is 23.2. The zero-order valence-electron chi connectivity index (χ0n) is 17.5. The van der Waals surface area contributed by atoms with E-state index in [2.05, 4.69) is 5.32 Å². The fourth-order valence-corrected chi connectivity index (χ4v) is 5.29. The van der Waals surface area contributed by atoms with Gasteiger partial charge in [-0.2, -0.15) is 30.2 Å². The molecule has 10 heteroatoms. The van der Waals surface area contributed by atoms with Crippen LogP contribution >= 0.6 is 0 Å². The molecule has 0 bridgehead atoms. The van der Waals surface area contributed by atoms with Gasteiger partial charge in [0.1, 0.15) is 0 Å². The number of amides is 1. The van der Waals surface area contributed by atoms with E-state index in [4.69, 9.17) is 0 Å². The minimum Gasteiger partial charge on any atom is -0.324 e. The lowest BCUT2D eigenvalue weighted by Gasteiger charge is -2.21. The number of halogens is 3. The molecule has 1 fully saturated rings. The fourth-order valence-electron chi connectivity index (χ4n) is 3.76. The lowest BCUT2D eigenvalue weighted by molar-refractivity contribution is -0.137. The number of hydrogen-bond donors (Lipinski definition) is 1. The molecule has 0 aliphatic carbocycles. The smallest absolute Gasteiger partial charge is 0.324 e. The molecule has 2 aromatic rings. The van der Waals surface area contributed by atoms with Crippen LogP contribution in [0.15, 0.2) is 36.4 Å². The van der Waals surface area contributed by atoms with Crippen LogP contribution in [0.25, 0.3) is 0 Å². The van der Waals surface area contributed by atoms with Crippen molar-refractivity contribution in [1.29, 1.82) is 0 Å². The summed E-state index contributed by atoms with van der Waals surface area (Å²) >= 11 is 0. The third-order valence-corrected chi connectivity index (χ3v) is 7.18. The molecule has 31 heavy (non-hydrogen) atoms. The summed E-state index contributed by atoms with van der Waals surface area (Å²) in [5.74, 6) is -0.829. The Kier molecular flexibility index (Phi) is 6.45. The van der Waals surface area contributed by atoms with Gasteiger partial charge in [0.05, 0.1) is 17.8 Å². The molecule has 0 saturated carbocycles. The zero-order valence-corrected chi connectivity index (χ0v) is 18.3. The Hall–Kier alpha value is -2.43. The Morgan fingerprint density at radius 2 is 1.61 bits per heavy atom. The number of nitrogens with one attached hydrogen (secondary N) is 1. The number of rotatable bonds is 5. The molecule has 0 unspecified atom stereocenters. The van der Waals surface area contributed by atoms with Crippen molar-refractivity contribution >= 4 is 21.8 Å². The molecule has 0 aromatic heterocycles. The summed E-state index contributed by atoms with van der Waals surface area (Å²) in [6, 6.07) is 8.54. The van der Waals surface area contributed by atoms with Crippen molar-refractivity contribution in [3.63, 3.8) is 0 Å². The highest BCUT2D eigenvalue weighted by atomic mass is 32.2. The predicted molar refractivity (Wildman–Crippen MR) is 112 cm³/mol. The van der Waals surface area contributed by atoms with Gasteiger partial charge in [0, 0.05) is 19.6 Å². The van der Waals surface area contributed by atoms with Gasteiger partial charge < -0.3 is 5.32 Å². The lowest BCUT2D eigenvalue weighted by atomic mass is 10.00. The van der Waals surface area contributed by atoms with Gasteiger partial charge in [0.25, 0.3) is 10.2 Å². The number of aryl methyl sites for hydroxylation is 3. The average Bonchev–Trinajstić information content (AvgIpc) is 2.91. The quantitative estimate of drug-likeness (QED) is 0.749. The number of nitrogens with zero attached hydrogens (tertiary/aromatic N) is 2. The second kappa shape index (κ2) is 8.60. The van der Waals surface area contributed by atoms with Crippen molar-refractivity contribution in [3.8, 4) is 0 Å². The van der Waals surface area contributed by atoms with Crippen LogP contribution < -0.4 is 5.32 Å². The van der Waals surface area contributed by atoms with E-state index in [1.807, 2.05) is 32.9 Å². The predicted octanol–water partition coefficient (Wildman–Crippen LogP) is 3.63. The Morgan fingerprint density at radius 1 is 1.03 bits per heavy atom. The van der Waals surface area contributed by atoms with Gasteiger partial charge in [0.15, 0.2) is 0 Å². The molecule has 6 nitrogen and oxygen atoms in total. The number of carbonyl (C=O) groups excluding carboxylic acids is 1. The molecule has 2 aromatic carbocycles. The number of carbonyl (C=O) groups is 1. The van der Waals surface area contributed by atoms with Crippen LogP contribution in [0.5, 0.6) is 0 Å². The van der Waals surface area contributed by atoms with Crippen LogP contribution in [0, 0.1) is 20.8 Å². The standard InChI is InChI=1S/C21H24F3N3O3S/c1-14-10-15(2)17(16(3)11-14)12-26-8-9-27(31(26,29)30)13-20(28)25-19-7-5-4-6-18(19)21(22,23)24/h4-7,10-11H,8-9,12-13H2,1-3H3,(H,25,28). The van der Waals surface area contributed by atoms with Gasteiger partial charge in [-0.25, -0.2) is 0 Å². The first-order valence-electron chi connectivity index (χ1n) is 9.67. The van der Waals surface area contributed by atoms with E-state index < -0.39 is 40.1 Å². The van der Waals surface area contributed by atoms with E-state index in [0.29, 0.717) is 0 Å². The molecular formula is C21H24F3N3O3S. The molecule has 1 saturated heterocycles. The molecule has 0 spiro atoms. The van der Waals surface area contributed by atoms with Crippen molar-refractivity contribution in [2.24, 2.45) is 0 Å². The third kappa shape index (κ3) is 5.08. The van der Waals surface area contributed by atoms with Gasteiger partial charge in [0.2, 0.25) is 5.91 Å². The van der Waals surface area contributed by atoms with E-state index in [0.717, 1.165) is 38.7 Å². The molecule has 168 valence electrons. The molecule has 1 heterocycles. The maximum Gasteiger partial charge on any atom is 0.418 e. The van der Waals surface area contributed by atoms with Crippen LogP contribution in [0.2, 0.25) is 0 Å². The average molecular weight is 456 g/mol. The lowest BCUT2D eigenvalue weighted by Crippen LogP contribution is -2.38. The monoisotopic (exact) mass is 455 g/mol. The van der Waals surface area contributed by atoms with Crippen LogP contribution in [0.1, 0.15) is 27.8 Å². The van der Waals surface area contributed by atoms with Crippen molar-refractivity contribution in [2.45, 2.75) is 33.5 Å². The first-order valence-corrected chi connectivity index (χ1v) is 11.1. The Morgan fingerprint density at radius 3 is 2.23 bits per heavy atom. The molecule has 1 N–H and O–H groups in total. The van der Waals surface area contributed by atoms with Crippen LogP contribution in [0.4, 0.5) is 18.9 Å². The van der Waals surface area contributed by atoms with Gasteiger partial charge in [-0.15, -0.1) is 0 Å². The van der Waals surface area contributed by atoms with Crippen LogP contribution in [0.3, 0.4) is 0 Å². The van der Waals surface area contributed by atoms with Crippen molar-refractivity contribution < 1.29 is 26.4 Å². The summed E-state index contributed by atoms with van der Waals surface area (Å²) in [7, 11) is -3.91. The maximum atomic E-state index is 13.1. The summed E-state index contributed by atoms with van der Waals surface area (Å²) in [6.45, 7) is 5.70. The largest absolute Gasteiger partial charge is 0.418 e. The summed E-state index contributed by atoms with van der Waals surface area (Å²) in [4.78, 5) is 12.3. The maximum absolute atomic E-state index is 13.1. The van der Waals surface area contributed by atoms with E-state index in [-0.39, 0.29) is 19.6 Å². The van der Waals surface area contributed by atoms with Crippen molar-refractivity contribution in [1.82, 2.24) is 8.61 Å². The molecule has 0 atom stereocenters. The van der Waals surface area contributed by atoms with Crippen LogP contribution in [-0.4, -0.2) is 42.6 Å². The fraction of sp³-hybridized carbons (Fsp3) is 0.381. The van der Waals surface area contributed by atoms with E-state index in [1.165, 1.54) is 16.4 Å². The van der Waals surface area contributed by atoms with E-state index >= 15 is 0 Å². The molecule has 1 aliphatic heterocycles. The second-order valence-corrected chi connectivity index (χ2v) is 9.57. The summed E-state index contributed by atoms with van der Waals surface area (Å²) < 4.78 is 67.4. The number of hydrogen-bond acceptors (Lipinski definition) is 3. The van der Waals surface area contributed by atoms with Gasteiger partial charge >= 0.3 is 6.18 Å². The SMILES string of the molecule is Cc1cc(C)c(CN2CCN(CC(=O)Nc3ccccc3C(F)(F)F)S2(=O)=O)c(C)c1. The highest BCUT2D eigenvalue weighted by Gasteiger charge is 2.38. The van der Waals surface area contributed by atoms with Crippen molar-refractivity contribution in [2.75, 3.05) is 25.0 Å². The normalized spacial score (nSPS) is 17.1. The van der Waals surface area contributed by atoms with Gasteiger partial charge in [-0.1, -0.05) is 29.8 Å². The Balaban J connectivity index is 1.71. The summed E-state index contributed by atoms with van der Waals surface area (Å²) in [6.07, 6.45) is -4.63. The number of alkyl halides is 3. The molecule has 0 radical (unpaired) electrons. The number of anilines is 1.